The second-order valence-electron chi connectivity index (χ2n) is 6.51. The van der Waals surface area contributed by atoms with E-state index in [2.05, 4.69) is 10.0 Å². The van der Waals surface area contributed by atoms with Crippen molar-refractivity contribution in [3.8, 4) is 0 Å². The molecule has 1 fully saturated rings. The van der Waals surface area contributed by atoms with Gasteiger partial charge in [0.05, 0.1) is 24.4 Å². The van der Waals surface area contributed by atoms with Crippen LogP contribution in [0.4, 0.5) is 14.5 Å². The van der Waals surface area contributed by atoms with Crippen molar-refractivity contribution in [2.45, 2.75) is 17.4 Å². The van der Waals surface area contributed by atoms with E-state index < -0.39 is 38.1 Å². The number of anilines is 1. The monoisotopic (exact) mass is 419 g/mol. The molecule has 0 saturated carbocycles. The number of aromatic nitrogens is 1. The van der Waals surface area contributed by atoms with Crippen LogP contribution in [0.15, 0.2) is 29.3 Å². The molecule has 11 heteroatoms. The van der Waals surface area contributed by atoms with Crippen molar-refractivity contribution < 1.29 is 26.7 Å². The predicted molar refractivity (Wildman–Crippen MR) is 94.3 cm³/mol. The highest BCUT2D eigenvalue weighted by Gasteiger charge is 2.38. The Bertz CT molecular complexity index is 1020. The summed E-state index contributed by atoms with van der Waals surface area (Å²) in [6.45, 7) is 2.19. The highest BCUT2D eigenvalue weighted by molar-refractivity contribution is 7.89. The van der Waals surface area contributed by atoms with Crippen molar-refractivity contribution in [1.82, 2.24) is 9.29 Å². The van der Waals surface area contributed by atoms with Crippen LogP contribution in [-0.4, -0.2) is 37.6 Å². The van der Waals surface area contributed by atoms with Crippen LogP contribution in [0.2, 0.25) is 5.02 Å². The minimum Gasteiger partial charge on any atom is -0.377 e. The zero-order valence-electron chi connectivity index (χ0n) is 14.3. The van der Waals surface area contributed by atoms with Crippen molar-refractivity contribution in [2.75, 3.05) is 18.5 Å². The molecule has 1 aromatic heterocycles. The van der Waals surface area contributed by atoms with Gasteiger partial charge in [0.1, 0.15) is 21.4 Å². The molecule has 3 rings (SSSR count). The molecule has 0 radical (unpaired) electrons. The second kappa shape index (κ2) is 6.86. The Kier molecular flexibility index (Phi) is 5.02. The molecule has 1 aliphatic heterocycles. The Hall–Kier alpha value is -2.01. The average molecular weight is 420 g/mol. The summed E-state index contributed by atoms with van der Waals surface area (Å²) < 4.78 is 61.0. The van der Waals surface area contributed by atoms with E-state index in [1.54, 1.807) is 6.92 Å². The second-order valence-corrected chi connectivity index (χ2v) is 8.57. The number of aryl methyl sites for hydroxylation is 1. The van der Waals surface area contributed by atoms with Gasteiger partial charge in [-0.3, -0.25) is 4.79 Å². The van der Waals surface area contributed by atoms with Gasteiger partial charge < -0.3 is 14.6 Å². The largest absolute Gasteiger partial charge is 0.377 e. The maximum Gasteiger partial charge on any atom is 0.272 e. The summed E-state index contributed by atoms with van der Waals surface area (Å²) in [5.41, 5.74) is -1.06. The summed E-state index contributed by atoms with van der Waals surface area (Å²) in [5.74, 6) is -2.86. The van der Waals surface area contributed by atoms with Gasteiger partial charge >= 0.3 is 0 Å². The fraction of sp³-hybridized carbons (Fsp3) is 0.312. The molecule has 0 aliphatic carbocycles. The van der Waals surface area contributed by atoms with Gasteiger partial charge in [-0.2, -0.15) is 0 Å². The Morgan fingerprint density at radius 2 is 2.00 bits per heavy atom. The molecule has 1 aliphatic rings. The topological polar surface area (TPSA) is 89.4 Å². The highest BCUT2D eigenvalue weighted by atomic mass is 35.5. The number of nitrogens with zero attached hydrogens (tertiary/aromatic N) is 1. The molecule has 1 saturated heterocycles. The van der Waals surface area contributed by atoms with E-state index >= 15 is 0 Å². The number of sulfonamides is 1. The third-order valence-electron chi connectivity index (χ3n) is 4.03. The zero-order chi connectivity index (χ0) is 20.0. The number of rotatable bonds is 5. The van der Waals surface area contributed by atoms with Gasteiger partial charge in [-0.05, 0) is 25.1 Å². The van der Waals surface area contributed by atoms with Gasteiger partial charge in [-0.15, -0.1) is 0 Å². The Labute approximate surface area is 159 Å². The predicted octanol–water partition coefficient (Wildman–Crippen LogP) is 2.28. The first-order chi connectivity index (χ1) is 12.5. The van der Waals surface area contributed by atoms with Gasteiger partial charge in [0.15, 0.2) is 5.82 Å². The lowest BCUT2D eigenvalue weighted by molar-refractivity contribution is -0.0523. The SMILES string of the molecule is Cn1cc(S(=O)(=O)NC2(C)COC2)cc1C(=O)Nc1ccc(F)c(Cl)c1F. The molecule has 2 N–H and O–H groups in total. The van der Waals surface area contributed by atoms with E-state index in [-0.39, 0.29) is 29.5 Å². The summed E-state index contributed by atoms with van der Waals surface area (Å²) in [6, 6.07) is 3.09. The van der Waals surface area contributed by atoms with Crippen molar-refractivity contribution in [3.05, 3.63) is 46.7 Å². The van der Waals surface area contributed by atoms with Crippen LogP contribution in [0, 0.1) is 11.6 Å². The van der Waals surface area contributed by atoms with Crippen molar-refractivity contribution in [1.29, 1.82) is 0 Å². The summed E-state index contributed by atoms with van der Waals surface area (Å²) in [7, 11) is -2.41. The number of carbonyl (C=O) groups excluding carboxylic acids is 1. The fourth-order valence-corrected chi connectivity index (χ4v) is 4.18. The van der Waals surface area contributed by atoms with Crippen molar-refractivity contribution >= 4 is 33.2 Å². The first kappa shape index (κ1) is 19.7. The number of halogens is 3. The number of benzene rings is 1. The van der Waals surface area contributed by atoms with E-state index in [1.165, 1.54) is 17.8 Å². The lowest BCUT2D eigenvalue weighted by Gasteiger charge is -2.38. The molecule has 0 atom stereocenters. The molecule has 0 bridgehead atoms. The molecule has 27 heavy (non-hydrogen) atoms. The standard InChI is InChI=1S/C16H16ClF2N3O4S/c1-16(7-26-8-16)21-27(24,25)9-5-12(22(2)6-9)15(23)20-11-4-3-10(18)13(17)14(11)19/h3-6,21H,7-8H2,1-2H3,(H,20,23). The summed E-state index contributed by atoms with van der Waals surface area (Å²) in [5, 5.41) is 1.50. The van der Waals surface area contributed by atoms with Crippen molar-refractivity contribution in [3.63, 3.8) is 0 Å². The number of hydrogen-bond donors (Lipinski definition) is 2. The molecule has 2 heterocycles. The van der Waals surface area contributed by atoms with Gasteiger partial charge in [0.25, 0.3) is 5.91 Å². The smallest absolute Gasteiger partial charge is 0.272 e. The quantitative estimate of drug-likeness (QED) is 0.727. The lowest BCUT2D eigenvalue weighted by atomic mass is 10.0. The number of ether oxygens (including phenoxy) is 1. The zero-order valence-corrected chi connectivity index (χ0v) is 15.9. The molecule has 1 aromatic carbocycles. The summed E-state index contributed by atoms with van der Waals surface area (Å²) >= 11 is 5.48. The van der Waals surface area contributed by atoms with E-state index in [0.717, 1.165) is 18.2 Å². The van der Waals surface area contributed by atoms with Crippen LogP contribution in [0.5, 0.6) is 0 Å². The Morgan fingerprint density at radius 3 is 2.59 bits per heavy atom. The minimum atomic E-state index is -3.88. The molecule has 1 amide bonds. The maximum absolute atomic E-state index is 14.0. The van der Waals surface area contributed by atoms with Gasteiger partial charge in [0.2, 0.25) is 10.0 Å². The summed E-state index contributed by atoms with van der Waals surface area (Å²) in [6.07, 6.45) is 1.26. The first-order valence-corrected chi connectivity index (χ1v) is 9.61. The molecular weight excluding hydrogens is 404 g/mol. The van der Waals surface area contributed by atoms with E-state index in [4.69, 9.17) is 16.3 Å². The van der Waals surface area contributed by atoms with E-state index in [0.29, 0.717) is 0 Å². The van der Waals surface area contributed by atoms with Crippen molar-refractivity contribution in [2.24, 2.45) is 7.05 Å². The van der Waals surface area contributed by atoms with Crippen LogP contribution in [0.3, 0.4) is 0 Å². The molecule has 146 valence electrons. The van der Waals surface area contributed by atoms with E-state index in [9.17, 15) is 22.0 Å². The maximum atomic E-state index is 14.0. The van der Waals surface area contributed by atoms with Crippen LogP contribution >= 0.6 is 11.6 Å². The first-order valence-electron chi connectivity index (χ1n) is 7.75. The molecule has 2 aromatic rings. The number of hydrogen-bond acceptors (Lipinski definition) is 4. The van der Waals surface area contributed by atoms with Crippen LogP contribution in [-0.2, 0) is 21.8 Å². The molecule has 0 spiro atoms. The minimum absolute atomic E-state index is 0.0368. The summed E-state index contributed by atoms with van der Waals surface area (Å²) in [4.78, 5) is 12.3. The number of carbonyl (C=O) groups is 1. The number of amides is 1. The molecule has 0 unspecified atom stereocenters. The van der Waals surface area contributed by atoms with Gasteiger partial charge in [-0.1, -0.05) is 11.6 Å². The Morgan fingerprint density at radius 1 is 1.33 bits per heavy atom. The van der Waals surface area contributed by atoms with Crippen LogP contribution in [0.1, 0.15) is 17.4 Å². The molecular formula is C16H16ClF2N3O4S. The molecule has 7 nitrogen and oxygen atoms in total. The fourth-order valence-electron chi connectivity index (χ4n) is 2.57. The number of nitrogens with one attached hydrogen (secondary N) is 2. The third kappa shape index (κ3) is 3.84. The van der Waals surface area contributed by atoms with Gasteiger partial charge in [-0.25, -0.2) is 21.9 Å². The normalized spacial score (nSPS) is 16.0. The average Bonchev–Trinajstić information content (AvgIpc) is 2.96. The van der Waals surface area contributed by atoms with Crippen LogP contribution in [0.25, 0.3) is 0 Å². The third-order valence-corrected chi connectivity index (χ3v) is 5.98. The van der Waals surface area contributed by atoms with Gasteiger partial charge in [0, 0.05) is 13.2 Å². The Balaban J connectivity index is 1.84. The highest BCUT2D eigenvalue weighted by Crippen LogP contribution is 2.26. The van der Waals surface area contributed by atoms with E-state index in [1.807, 2.05) is 0 Å². The lowest BCUT2D eigenvalue weighted by Crippen LogP contribution is -2.59. The van der Waals surface area contributed by atoms with Crippen LogP contribution < -0.4 is 10.0 Å².